The van der Waals surface area contributed by atoms with Crippen molar-refractivity contribution in [3.8, 4) is 0 Å². The van der Waals surface area contributed by atoms with Crippen LogP contribution in [0.2, 0.25) is 0 Å². The molecule has 9 heteroatoms. The predicted octanol–water partition coefficient (Wildman–Crippen LogP) is 0.592. The van der Waals surface area contributed by atoms with Crippen LogP contribution in [0, 0.1) is 5.82 Å². The summed E-state index contributed by atoms with van der Waals surface area (Å²) in [5.74, 6) is -1.24. The van der Waals surface area contributed by atoms with Gasteiger partial charge in [0.05, 0.1) is 6.04 Å². The lowest BCUT2D eigenvalue weighted by Crippen LogP contribution is -2.46. The fourth-order valence-electron chi connectivity index (χ4n) is 1.73. The van der Waals surface area contributed by atoms with Crippen molar-refractivity contribution in [1.82, 2.24) is 14.9 Å². The molecule has 0 saturated heterocycles. The summed E-state index contributed by atoms with van der Waals surface area (Å²) in [5.41, 5.74) is 0. The highest BCUT2D eigenvalue weighted by atomic mass is 35.5. The van der Waals surface area contributed by atoms with Crippen molar-refractivity contribution in [2.45, 2.75) is 17.9 Å². The zero-order chi connectivity index (χ0) is 16.0. The lowest BCUT2D eigenvalue weighted by Gasteiger charge is -2.22. The van der Waals surface area contributed by atoms with E-state index in [1.54, 1.807) is 14.1 Å². The third-order valence-electron chi connectivity index (χ3n) is 2.90. The number of carbonyl (C=O) groups is 1. The lowest BCUT2D eigenvalue weighted by atomic mass is 10.3. The molecule has 0 aliphatic rings. The number of nitrogens with one attached hydrogen (secondary N) is 2. The molecule has 1 unspecified atom stereocenters. The first kappa shape index (κ1) is 20.8. The zero-order valence-electron chi connectivity index (χ0n) is 12.7. The van der Waals surface area contributed by atoms with Crippen molar-refractivity contribution in [2.24, 2.45) is 0 Å². The highest BCUT2D eigenvalue weighted by Crippen LogP contribution is 2.13. The van der Waals surface area contributed by atoms with Gasteiger partial charge in [-0.3, -0.25) is 4.79 Å². The molecule has 2 N–H and O–H groups in total. The van der Waals surface area contributed by atoms with Crippen LogP contribution >= 0.6 is 12.4 Å². The van der Waals surface area contributed by atoms with Crippen LogP contribution < -0.4 is 10.0 Å². The van der Waals surface area contributed by atoms with Gasteiger partial charge in [-0.25, -0.2) is 12.8 Å². The Bertz CT molecular complexity index is 598. The number of halogens is 2. The van der Waals surface area contributed by atoms with Gasteiger partial charge in [0, 0.05) is 20.1 Å². The van der Waals surface area contributed by atoms with Gasteiger partial charge in [0.25, 0.3) is 0 Å². The molecule has 0 bridgehead atoms. The molecule has 6 nitrogen and oxygen atoms in total. The topological polar surface area (TPSA) is 78.5 Å². The Kier molecular flexibility index (Phi) is 8.54. The average Bonchev–Trinajstić information content (AvgIpc) is 2.43. The van der Waals surface area contributed by atoms with E-state index < -0.39 is 26.8 Å². The number of rotatable bonds is 7. The molecular weight excluding hydrogens is 333 g/mol. The first-order valence-electron chi connectivity index (χ1n) is 6.46. The quantitative estimate of drug-likeness (QED) is 0.752. The summed E-state index contributed by atoms with van der Waals surface area (Å²) in [6.45, 7) is 2.47. The summed E-state index contributed by atoms with van der Waals surface area (Å²) in [7, 11) is -0.748. The van der Waals surface area contributed by atoms with Crippen molar-refractivity contribution < 1.29 is 17.6 Å². The van der Waals surface area contributed by atoms with Gasteiger partial charge in [-0.2, -0.15) is 4.72 Å². The van der Waals surface area contributed by atoms with Crippen LogP contribution in [0.5, 0.6) is 0 Å². The monoisotopic (exact) mass is 353 g/mol. The number of likely N-dealkylation sites (N-methyl/N-ethyl adjacent to an activating group) is 2. The van der Waals surface area contributed by atoms with E-state index in [1.807, 2.05) is 0 Å². The second-order valence-electron chi connectivity index (χ2n) is 4.64. The first-order valence-corrected chi connectivity index (χ1v) is 7.94. The van der Waals surface area contributed by atoms with Gasteiger partial charge in [-0.1, -0.05) is 12.1 Å². The molecule has 0 fully saturated rings. The van der Waals surface area contributed by atoms with Gasteiger partial charge in [-0.05, 0) is 26.1 Å². The number of sulfonamides is 1. The maximum atomic E-state index is 13.5. The number of benzene rings is 1. The van der Waals surface area contributed by atoms with Crippen LogP contribution in [0.3, 0.4) is 0 Å². The highest BCUT2D eigenvalue weighted by molar-refractivity contribution is 7.89. The van der Waals surface area contributed by atoms with Crippen molar-refractivity contribution in [3.63, 3.8) is 0 Å². The Morgan fingerprint density at radius 3 is 2.50 bits per heavy atom. The molecule has 0 aliphatic heterocycles. The average molecular weight is 354 g/mol. The van der Waals surface area contributed by atoms with Crippen molar-refractivity contribution in [2.75, 3.05) is 27.2 Å². The molecule has 1 aromatic rings. The summed E-state index contributed by atoms with van der Waals surface area (Å²) < 4.78 is 39.9. The fraction of sp³-hybridized carbons (Fsp3) is 0.462. The van der Waals surface area contributed by atoms with Crippen LogP contribution in [0.4, 0.5) is 4.39 Å². The molecule has 0 spiro atoms. The Labute approximate surface area is 136 Å². The Morgan fingerprint density at radius 1 is 1.36 bits per heavy atom. The standard InChI is InChI=1S/C13H20FN3O3S.ClH/c1-10(13(18)17(3)9-8-15-2)16-21(19,20)12-7-5-4-6-11(12)14;/h4-7,10,15-16H,8-9H2,1-3H3;1H. The summed E-state index contributed by atoms with van der Waals surface area (Å²) in [6, 6.07) is 4.05. The molecule has 1 aromatic carbocycles. The van der Waals surface area contributed by atoms with E-state index in [-0.39, 0.29) is 18.3 Å². The predicted molar refractivity (Wildman–Crippen MR) is 85.0 cm³/mol. The molecule has 1 atom stereocenters. The molecule has 126 valence electrons. The fourth-order valence-corrected chi connectivity index (χ4v) is 3.01. The van der Waals surface area contributed by atoms with E-state index >= 15 is 0 Å². The van der Waals surface area contributed by atoms with Crippen LogP contribution in [0.25, 0.3) is 0 Å². The molecular formula is C13H21ClFN3O3S. The SMILES string of the molecule is CNCCN(C)C(=O)C(C)NS(=O)(=O)c1ccccc1F.Cl. The van der Waals surface area contributed by atoms with Crippen LogP contribution in [-0.2, 0) is 14.8 Å². The number of hydrogen-bond donors (Lipinski definition) is 2. The van der Waals surface area contributed by atoms with Crippen molar-refractivity contribution in [3.05, 3.63) is 30.1 Å². The maximum Gasteiger partial charge on any atom is 0.244 e. The summed E-state index contributed by atoms with van der Waals surface area (Å²) >= 11 is 0. The van der Waals surface area contributed by atoms with E-state index in [0.717, 1.165) is 12.1 Å². The normalized spacial score (nSPS) is 12.4. The maximum absolute atomic E-state index is 13.5. The van der Waals surface area contributed by atoms with Crippen LogP contribution in [-0.4, -0.2) is 52.5 Å². The zero-order valence-corrected chi connectivity index (χ0v) is 14.3. The number of carbonyl (C=O) groups excluding carboxylic acids is 1. The Balaban J connectivity index is 0.00000441. The van der Waals surface area contributed by atoms with E-state index in [0.29, 0.717) is 13.1 Å². The van der Waals surface area contributed by atoms with Crippen LogP contribution in [0.15, 0.2) is 29.2 Å². The van der Waals surface area contributed by atoms with E-state index in [4.69, 9.17) is 0 Å². The van der Waals surface area contributed by atoms with Gasteiger partial charge in [-0.15, -0.1) is 12.4 Å². The van der Waals surface area contributed by atoms with E-state index in [1.165, 1.54) is 24.0 Å². The van der Waals surface area contributed by atoms with Crippen molar-refractivity contribution >= 4 is 28.3 Å². The largest absolute Gasteiger partial charge is 0.343 e. The summed E-state index contributed by atoms with van der Waals surface area (Å²) in [5, 5.41) is 2.89. The summed E-state index contributed by atoms with van der Waals surface area (Å²) in [4.78, 5) is 13.0. The lowest BCUT2D eigenvalue weighted by molar-refractivity contribution is -0.131. The molecule has 0 aliphatic carbocycles. The smallest absolute Gasteiger partial charge is 0.244 e. The van der Waals surface area contributed by atoms with E-state index in [2.05, 4.69) is 10.0 Å². The summed E-state index contributed by atoms with van der Waals surface area (Å²) in [6.07, 6.45) is 0. The number of nitrogens with zero attached hydrogens (tertiary/aromatic N) is 1. The second-order valence-corrected chi connectivity index (χ2v) is 6.32. The Hall–Kier alpha value is -1.22. The molecule has 1 rings (SSSR count). The molecule has 1 amide bonds. The minimum atomic E-state index is -4.08. The third-order valence-corrected chi connectivity index (χ3v) is 4.48. The van der Waals surface area contributed by atoms with Gasteiger partial charge in [0.15, 0.2) is 0 Å². The van der Waals surface area contributed by atoms with E-state index in [9.17, 15) is 17.6 Å². The number of amides is 1. The molecule has 0 heterocycles. The minimum Gasteiger partial charge on any atom is -0.343 e. The molecule has 0 aromatic heterocycles. The molecule has 0 radical (unpaired) electrons. The van der Waals surface area contributed by atoms with Gasteiger partial charge >= 0.3 is 0 Å². The van der Waals surface area contributed by atoms with Crippen LogP contribution in [0.1, 0.15) is 6.92 Å². The highest BCUT2D eigenvalue weighted by Gasteiger charge is 2.25. The van der Waals surface area contributed by atoms with Gasteiger partial charge in [0.1, 0.15) is 10.7 Å². The number of hydrogen-bond acceptors (Lipinski definition) is 4. The Morgan fingerprint density at radius 2 is 1.95 bits per heavy atom. The van der Waals surface area contributed by atoms with Crippen molar-refractivity contribution in [1.29, 1.82) is 0 Å². The third kappa shape index (κ3) is 5.53. The minimum absolute atomic E-state index is 0. The first-order chi connectivity index (χ1) is 9.79. The van der Waals surface area contributed by atoms with Gasteiger partial charge in [0.2, 0.25) is 15.9 Å². The van der Waals surface area contributed by atoms with Gasteiger partial charge < -0.3 is 10.2 Å². The molecule has 22 heavy (non-hydrogen) atoms. The second kappa shape index (κ2) is 9.04. The molecule has 0 saturated carbocycles.